The van der Waals surface area contributed by atoms with Crippen LogP contribution in [0.5, 0.6) is 17.2 Å². The van der Waals surface area contributed by atoms with E-state index in [9.17, 15) is 9.59 Å². The molecule has 2 atom stereocenters. The van der Waals surface area contributed by atoms with Crippen molar-refractivity contribution >= 4 is 20.9 Å². The van der Waals surface area contributed by atoms with Crippen LogP contribution in [0, 0.1) is 0 Å². The van der Waals surface area contributed by atoms with Crippen molar-refractivity contribution in [1.82, 2.24) is 0 Å². The largest absolute Gasteiger partial charge is 0.496 e. The first-order valence-corrected chi connectivity index (χ1v) is 10.5. The maximum absolute atomic E-state index is 13.7. The second kappa shape index (κ2) is 13.1. The summed E-state index contributed by atoms with van der Waals surface area (Å²) >= 11 is 0. The third-order valence-corrected chi connectivity index (χ3v) is 4.82. The summed E-state index contributed by atoms with van der Waals surface area (Å²) in [6, 6.07) is 21.2. The fourth-order valence-electron chi connectivity index (χ4n) is 3.24. The zero-order chi connectivity index (χ0) is 24.2. The molecule has 0 aliphatic heterocycles. The van der Waals surface area contributed by atoms with E-state index in [0.29, 0.717) is 20.4 Å². The van der Waals surface area contributed by atoms with Crippen LogP contribution >= 0.6 is 9.12 Å². The molecule has 3 rings (SSSR count). The van der Waals surface area contributed by atoms with E-state index in [2.05, 4.69) is 0 Å². The van der Waals surface area contributed by atoms with Crippen LogP contribution in [0.1, 0.15) is 27.4 Å². The van der Waals surface area contributed by atoms with E-state index in [1.165, 1.54) is 21.3 Å². The number of carbonyl (C=O) groups excluding carboxylic acids is 2. The highest BCUT2D eigenvalue weighted by molar-refractivity contribution is 7.00. The first-order valence-electron chi connectivity index (χ1n) is 9.97. The van der Waals surface area contributed by atoms with Gasteiger partial charge >= 0.3 is 5.97 Å². The van der Waals surface area contributed by atoms with Gasteiger partial charge in [0.2, 0.25) is 0 Å². The molecule has 3 aromatic carbocycles. The fraction of sp³-hybridized carbons (Fsp3) is 0.200. The minimum absolute atomic E-state index is 0.0627. The van der Waals surface area contributed by atoms with Gasteiger partial charge in [-0.3, -0.25) is 9.59 Å². The number of hydrogen-bond donors (Lipinski definition) is 0. The summed E-state index contributed by atoms with van der Waals surface area (Å²) in [6.45, 7) is 0.0627. The molecule has 0 aliphatic carbocycles. The summed E-state index contributed by atoms with van der Waals surface area (Å²) in [5.41, 5.74) is 1.50. The SMILES string of the molecule is COc1cc(OC)c(C(=O)C(C(=O)OCc2ccccc2)c2ccccc2)c(OC)c1.O=[PH3]. The molecule has 8 heteroatoms. The van der Waals surface area contributed by atoms with Crippen LogP contribution in [-0.2, 0) is 20.7 Å². The topological polar surface area (TPSA) is 88.1 Å². The van der Waals surface area contributed by atoms with Crippen LogP contribution < -0.4 is 14.2 Å². The minimum Gasteiger partial charge on any atom is -0.496 e. The molecule has 0 fully saturated rings. The van der Waals surface area contributed by atoms with Crippen molar-refractivity contribution in [2.24, 2.45) is 0 Å². The third-order valence-electron chi connectivity index (χ3n) is 4.82. The predicted molar refractivity (Wildman–Crippen MR) is 128 cm³/mol. The Kier molecular flexibility index (Phi) is 10.2. The average molecular weight is 470 g/mol. The molecule has 0 aromatic heterocycles. The van der Waals surface area contributed by atoms with Crippen LogP contribution in [0.15, 0.2) is 72.8 Å². The number of ether oxygens (including phenoxy) is 4. The normalized spacial score (nSPS) is 10.9. The summed E-state index contributed by atoms with van der Waals surface area (Å²) < 4.78 is 29.9. The number of Topliss-reactive ketones (excluding diaryl/α,β-unsaturated/α-hetero) is 1. The number of hydrogen-bond acceptors (Lipinski definition) is 7. The zero-order valence-corrected chi connectivity index (χ0v) is 20.2. The Balaban J connectivity index is 0.00000187. The van der Waals surface area contributed by atoms with Crippen molar-refractivity contribution in [2.45, 2.75) is 12.5 Å². The van der Waals surface area contributed by atoms with Gasteiger partial charge in [0.15, 0.2) is 5.78 Å². The molecule has 0 N–H and O–H groups in total. The lowest BCUT2D eigenvalue weighted by atomic mass is 9.89. The van der Waals surface area contributed by atoms with E-state index < -0.39 is 17.7 Å². The minimum atomic E-state index is -1.18. The van der Waals surface area contributed by atoms with Gasteiger partial charge in [0.25, 0.3) is 0 Å². The van der Waals surface area contributed by atoms with E-state index in [4.69, 9.17) is 23.5 Å². The van der Waals surface area contributed by atoms with Gasteiger partial charge in [0, 0.05) is 12.1 Å². The van der Waals surface area contributed by atoms with Crippen molar-refractivity contribution in [1.29, 1.82) is 0 Å². The monoisotopic (exact) mass is 470 g/mol. The van der Waals surface area contributed by atoms with Gasteiger partial charge in [-0.25, -0.2) is 0 Å². The van der Waals surface area contributed by atoms with Gasteiger partial charge in [-0.2, -0.15) is 0 Å². The molecule has 0 heterocycles. The van der Waals surface area contributed by atoms with Gasteiger partial charge in [0.1, 0.15) is 35.3 Å². The highest BCUT2D eigenvalue weighted by Crippen LogP contribution is 2.38. The lowest BCUT2D eigenvalue weighted by Crippen LogP contribution is -2.25. The van der Waals surface area contributed by atoms with E-state index in [0.717, 1.165) is 5.56 Å². The Bertz CT molecular complexity index is 1030. The fourth-order valence-corrected chi connectivity index (χ4v) is 3.24. The van der Waals surface area contributed by atoms with E-state index in [1.807, 2.05) is 36.4 Å². The molecule has 33 heavy (non-hydrogen) atoms. The predicted octanol–water partition coefficient (Wildman–Crippen LogP) is 4.36. The highest BCUT2D eigenvalue weighted by atomic mass is 31.0. The van der Waals surface area contributed by atoms with E-state index in [1.54, 1.807) is 36.4 Å². The Hall–Kier alpha value is -3.57. The quantitative estimate of drug-likeness (QED) is 0.199. The second-order valence-corrected chi connectivity index (χ2v) is 6.71. The van der Waals surface area contributed by atoms with Crippen LogP contribution in [0.2, 0.25) is 0 Å². The summed E-state index contributed by atoms with van der Waals surface area (Å²) in [5, 5.41) is 0. The van der Waals surface area contributed by atoms with Crippen LogP contribution in [0.3, 0.4) is 0 Å². The standard InChI is InChI=1S/C25H24O6.H3OP/c1-28-19-14-20(29-2)23(21(15-19)30-3)24(26)22(18-12-8-5-9-13-18)25(27)31-16-17-10-6-4-7-11-17;1-2/h4-15,22H,16H2,1-3H3;2H3. The molecular formula is C25H27O7P. The maximum atomic E-state index is 13.7. The number of methoxy groups -OCH3 is 3. The average Bonchev–Trinajstić information content (AvgIpc) is 2.89. The van der Waals surface area contributed by atoms with Crippen molar-refractivity contribution in [2.75, 3.05) is 21.3 Å². The molecule has 0 aliphatic rings. The molecule has 0 spiro atoms. The number of ketones is 1. The molecule has 0 bridgehead atoms. The van der Waals surface area contributed by atoms with E-state index >= 15 is 0 Å². The molecule has 0 radical (unpaired) electrons. The summed E-state index contributed by atoms with van der Waals surface area (Å²) in [5.74, 6) is -1.36. The number of esters is 1. The molecular weight excluding hydrogens is 443 g/mol. The van der Waals surface area contributed by atoms with Crippen molar-refractivity contribution < 1.29 is 33.1 Å². The third kappa shape index (κ3) is 6.46. The van der Waals surface area contributed by atoms with Gasteiger partial charge in [-0.15, -0.1) is 0 Å². The number of benzene rings is 3. The molecule has 0 saturated carbocycles. The summed E-state index contributed by atoms with van der Waals surface area (Å²) in [7, 11) is 5.00. The van der Waals surface area contributed by atoms with Crippen molar-refractivity contribution in [3.63, 3.8) is 0 Å². The first kappa shape index (κ1) is 25.7. The highest BCUT2D eigenvalue weighted by Gasteiger charge is 2.35. The van der Waals surface area contributed by atoms with Crippen LogP contribution in [0.25, 0.3) is 0 Å². The van der Waals surface area contributed by atoms with Gasteiger partial charge in [-0.05, 0) is 11.1 Å². The lowest BCUT2D eigenvalue weighted by molar-refractivity contribution is -0.145. The Labute approximate surface area is 194 Å². The Morgan fingerprint density at radius 2 is 1.30 bits per heavy atom. The second-order valence-electron chi connectivity index (χ2n) is 6.71. The Morgan fingerprint density at radius 3 is 1.79 bits per heavy atom. The number of rotatable bonds is 9. The van der Waals surface area contributed by atoms with Crippen molar-refractivity contribution in [3.05, 3.63) is 89.5 Å². The smallest absolute Gasteiger partial charge is 0.321 e. The van der Waals surface area contributed by atoms with Crippen LogP contribution in [0.4, 0.5) is 0 Å². The molecule has 0 amide bonds. The zero-order valence-electron chi connectivity index (χ0n) is 18.8. The first-order chi connectivity index (χ1) is 16.1. The van der Waals surface area contributed by atoms with E-state index in [-0.39, 0.29) is 23.7 Å². The molecule has 7 nitrogen and oxygen atoms in total. The summed E-state index contributed by atoms with van der Waals surface area (Å²) in [4.78, 5) is 26.8. The molecule has 3 aromatic rings. The summed E-state index contributed by atoms with van der Waals surface area (Å²) in [6.07, 6.45) is 0. The van der Waals surface area contributed by atoms with Crippen molar-refractivity contribution in [3.8, 4) is 17.2 Å². The van der Waals surface area contributed by atoms with Gasteiger partial charge in [0.05, 0.1) is 30.4 Å². The number of carbonyl (C=O) groups is 2. The molecule has 2 unspecified atom stereocenters. The van der Waals surface area contributed by atoms with Crippen LogP contribution in [-0.4, -0.2) is 33.1 Å². The van der Waals surface area contributed by atoms with Gasteiger partial charge < -0.3 is 23.5 Å². The Morgan fingerprint density at radius 1 is 0.788 bits per heavy atom. The lowest BCUT2D eigenvalue weighted by Gasteiger charge is -2.19. The molecule has 0 saturated heterocycles. The molecule has 174 valence electrons. The maximum Gasteiger partial charge on any atom is 0.321 e. The van der Waals surface area contributed by atoms with Gasteiger partial charge in [-0.1, -0.05) is 60.7 Å².